The van der Waals surface area contributed by atoms with Crippen LogP contribution in [0.3, 0.4) is 0 Å². The zero-order valence-electron chi connectivity index (χ0n) is 7.02. The van der Waals surface area contributed by atoms with Crippen LogP contribution in [0.2, 0.25) is 0 Å². The van der Waals surface area contributed by atoms with E-state index in [4.69, 9.17) is 5.73 Å². The third-order valence-electron chi connectivity index (χ3n) is 1.15. The van der Waals surface area contributed by atoms with Crippen LogP contribution in [0.15, 0.2) is 24.3 Å². The quantitative estimate of drug-likeness (QED) is 0.312. The van der Waals surface area contributed by atoms with Crippen molar-refractivity contribution in [3.8, 4) is 0 Å². The van der Waals surface area contributed by atoms with E-state index in [1.54, 1.807) is 4.72 Å². The number of benzene rings is 1. The zero-order valence-corrected chi connectivity index (χ0v) is 9.84. The average Bonchev–Trinajstić information content (AvgIpc) is 1.91. The maximum absolute atomic E-state index is 10.2. The van der Waals surface area contributed by atoms with Crippen molar-refractivity contribution in [1.29, 1.82) is 0 Å². The molecule has 13 heavy (non-hydrogen) atoms. The molecule has 3 N–H and O–H groups in total. The van der Waals surface area contributed by atoms with Gasteiger partial charge in [0.25, 0.3) is 0 Å². The summed E-state index contributed by atoms with van der Waals surface area (Å²) in [6.07, 6.45) is 0. The van der Waals surface area contributed by atoms with Gasteiger partial charge in [0.05, 0.1) is 0 Å². The van der Waals surface area contributed by atoms with Crippen LogP contribution < -0.4 is 40.0 Å². The van der Waals surface area contributed by atoms with Gasteiger partial charge in [-0.2, -0.15) is 0 Å². The molecule has 0 aliphatic rings. The number of hydrogen-bond donors (Lipinski definition) is 2. The Labute approximate surface area is 98.5 Å². The molecule has 0 aromatic heterocycles. The molecule has 1 rings (SSSR count). The van der Waals surface area contributed by atoms with E-state index in [2.05, 4.69) is 0 Å². The number of rotatable bonds is 2. The topological polar surface area (TPSA) is 95.2 Å². The summed E-state index contributed by atoms with van der Waals surface area (Å²) in [6.45, 7) is 0. The SMILES string of the molecule is Nc1ccc(NS(=O)(=O)[O-])cc1.[Na+]. The summed E-state index contributed by atoms with van der Waals surface area (Å²) >= 11 is 0. The number of nitrogens with one attached hydrogen (secondary N) is 1. The van der Waals surface area contributed by atoms with Gasteiger partial charge in [0.15, 0.2) is 10.3 Å². The van der Waals surface area contributed by atoms with Crippen molar-refractivity contribution in [2.24, 2.45) is 0 Å². The molecule has 66 valence electrons. The molecular formula is C6H7N2NaO3S. The van der Waals surface area contributed by atoms with E-state index in [9.17, 15) is 13.0 Å². The molecule has 0 radical (unpaired) electrons. The second kappa shape index (κ2) is 4.83. The van der Waals surface area contributed by atoms with Gasteiger partial charge in [0.2, 0.25) is 0 Å². The summed E-state index contributed by atoms with van der Waals surface area (Å²) in [5, 5.41) is 0. The molecule has 0 saturated heterocycles. The molecule has 0 heterocycles. The molecule has 0 atom stereocenters. The van der Waals surface area contributed by atoms with E-state index in [1.165, 1.54) is 24.3 Å². The summed E-state index contributed by atoms with van der Waals surface area (Å²) < 4.78 is 32.3. The molecule has 0 spiro atoms. The van der Waals surface area contributed by atoms with Gasteiger partial charge in [0.1, 0.15) is 0 Å². The van der Waals surface area contributed by atoms with Gasteiger partial charge in [-0.1, -0.05) is 0 Å². The Bertz CT molecular complexity index is 362. The predicted octanol–water partition coefficient (Wildman–Crippen LogP) is -2.86. The van der Waals surface area contributed by atoms with E-state index in [0.717, 1.165) is 0 Å². The van der Waals surface area contributed by atoms with Gasteiger partial charge >= 0.3 is 29.6 Å². The first-order chi connectivity index (χ1) is 5.47. The van der Waals surface area contributed by atoms with Crippen LogP contribution in [0, 0.1) is 0 Å². The van der Waals surface area contributed by atoms with Crippen LogP contribution in [0.4, 0.5) is 11.4 Å². The molecule has 1 aromatic rings. The van der Waals surface area contributed by atoms with Crippen molar-refractivity contribution in [2.75, 3.05) is 10.5 Å². The van der Waals surface area contributed by atoms with Crippen LogP contribution >= 0.6 is 0 Å². The number of nitrogens with two attached hydrogens (primary N) is 1. The molecule has 0 bridgehead atoms. The first-order valence-corrected chi connectivity index (χ1v) is 4.47. The molecule has 7 heteroatoms. The van der Waals surface area contributed by atoms with Gasteiger partial charge in [-0.05, 0) is 24.3 Å². The van der Waals surface area contributed by atoms with Gasteiger partial charge in [-0.25, -0.2) is 8.42 Å². The summed E-state index contributed by atoms with van der Waals surface area (Å²) in [5.74, 6) is 0. The summed E-state index contributed by atoms with van der Waals surface area (Å²) in [5.41, 5.74) is 6.05. The van der Waals surface area contributed by atoms with E-state index < -0.39 is 10.3 Å². The monoisotopic (exact) mass is 210 g/mol. The molecular weight excluding hydrogens is 203 g/mol. The van der Waals surface area contributed by atoms with Crippen LogP contribution in [0.25, 0.3) is 0 Å². The maximum atomic E-state index is 10.2. The maximum Gasteiger partial charge on any atom is 1.00 e. The Kier molecular flexibility index (Phi) is 4.72. The fourth-order valence-corrected chi connectivity index (χ4v) is 1.12. The summed E-state index contributed by atoms with van der Waals surface area (Å²) in [4.78, 5) is 0. The predicted molar refractivity (Wildman–Crippen MR) is 44.2 cm³/mol. The summed E-state index contributed by atoms with van der Waals surface area (Å²) in [6, 6.07) is 5.80. The minimum absolute atomic E-state index is 0. The molecule has 0 saturated carbocycles. The van der Waals surface area contributed by atoms with E-state index in [-0.39, 0.29) is 35.2 Å². The Hall–Kier alpha value is -0.270. The van der Waals surface area contributed by atoms with Crippen molar-refractivity contribution in [3.63, 3.8) is 0 Å². The van der Waals surface area contributed by atoms with Gasteiger partial charge in [-0.15, -0.1) is 0 Å². The molecule has 5 nitrogen and oxygen atoms in total. The normalized spacial score (nSPS) is 10.2. The van der Waals surface area contributed by atoms with Crippen LogP contribution in [-0.2, 0) is 10.3 Å². The average molecular weight is 210 g/mol. The van der Waals surface area contributed by atoms with Crippen molar-refractivity contribution in [2.45, 2.75) is 0 Å². The Morgan fingerprint density at radius 3 is 2.08 bits per heavy atom. The zero-order chi connectivity index (χ0) is 9.19. The molecule has 0 aliphatic heterocycles. The Morgan fingerprint density at radius 1 is 1.23 bits per heavy atom. The van der Waals surface area contributed by atoms with Crippen LogP contribution in [0.1, 0.15) is 0 Å². The standard InChI is InChI=1S/C6H8N2O3S.Na/c7-5-1-3-6(4-2-5)8-12(9,10)11;/h1-4,8H,7H2,(H,9,10,11);/q;+1/p-1. The third kappa shape index (κ3) is 5.12. The van der Waals surface area contributed by atoms with E-state index >= 15 is 0 Å². The fourth-order valence-electron chi connectivity index (χ4n) is 0.695. The molecule has 1 aromatic carbocycles. The molecule has 0 amide bonds. The number of hydrogen-bond acceptors (Lipinski definition) is 4. The molecule has 0 aliphatic carbocycles. The van der Waals surface area contributed by atoms with Crippen LogP contribution in [0.5, 0.6) is 0 Å². The van der Waals surface area contributed by atoms with E-state index in [0.29, 0.717) is 5.69 Å². The summed E-state index contributed by atoms with van der Waals surface area (Å²) in [7, 11) is -4.43. The second-order valence-corrected chi connectivity index (χ2v) is 3.29. The number of anilines is 2. The Balaban J connectivity index is 0.00000144. The smallest absolute Gasteiger partial charge is 0.731 e. The first kappa shape index (κ1) is 12.7. The van der Waals surface area contributed by atoms with Gasteiger partial charge in [-0.3, -0.25) is 4.72 Å². The van der Waals surface area contributed by atoms with Gasteiger partial charge < -0.3 is 10.3 Å². The third-order valence-corrected chi connectivity index (χ3v) is 1.64. The Morgan fingerprint density at radius 2 is 1.69 bits per heavy atom. The van der Waals surface area contributed by atoms with Crippen molar-refractivity contribution in [1.82, 2.24) is 0 Å². The number of nitrogen functional groups attached to an aromatic ring is 1. The minimum atomic E-state index is -4.43. The van der Waals surface area contributed by atoms with Gasteiger partial charge in [0, 0.05) is 11.4 Å². The van der Waals surface area contributed by atoms with E-state index in [1.807, 2.05) is 0 Å². The van der Waals surface area contributed by atoms with Crippen LogP contribution in [-0.4, -0.2) is 13.0 Å². The van der Waals surface area contributed by atoms with Crippen molar-refractivity contribution < 1.29 is 42.5 Å². The fraction of sp³-hybridized carbons (Fsp3) is 0. The molecule has 0 fully saturated rings. The second-order valence-electron chi connectivity index (χ2n) is 2.18. The first-order valence-electron chi connectivity index (χ1n) is 3.06. The molecule has 0 unspecified atom stereocenters. The van der Waals surface area contributed by atoms with Crippen molar-refractivity contribution >= 4 is 21.7 Å². The largest absolute Gasteiger partial charge is 1.00 e. The van der Waals surface area contributed by atoms with Crippen molar-refractivity contribution in [3.05, 3.63) is 24.3 Å². The minimum Gasteiger partial charge on any atom is -0.731 e.